The second-order valence-electron chi connectivity index (χ2n) is 3.76. The van der Waals surface area contributed by atoms with Crippen LogP contribution >= 0.6 is 11.8 Å². The molecule has 0 aromatic carbocycles. The molecule has 0 spiro atoms. The minimum atomic E-state index is -0.289. The highest BCUT2D eigenvalue weighted by Crippen LogP contribution is 2.07. The van der Waals surface area contributed by atoms with Gasteiger partial charge in [0.25, 0.3) is 0 Å². The largest absolute Gasteiger partial charge is 0.450 e. The Morgan fingerprint density at radius 1 is 1.12 bits per heavy atom. The monoisotopic (exact) mass is 247 g/mol. The topological polar surface area (TPSA) is 38.3 Å². The van der Waals surface area contributed by atoms with Crippen molar-refractivity contribution in [2.45, 2.75) is 45.4 Å². The van der Waals surface area contributed by atoms with Crippen molar-refractivity contribution >= 4 is 17.9 Å². The first-order valence-corrected chi connectivity index (χ1v) is 7.60. The first-order chi connectivity index (χ1) is 7.81. The maximum absolute atomic E-state index is 10.9. The molecule has 0 aliphatic rings. The van der Waals surface area contributed by atoms with Crippen LogP contribution < -0.4 is 5.32 Å². The zero-order valence-electron chi connectivity index (χ0n) is 10.6. The Balaban J connectivity index is 3.01. The van der Waals surface area contributed by atoms with Crippen LogP contribution in [0.25, 0.3) is 0 Å². The van der Waals surface area contributed by atoms with Gasteiger partial charge in [0, 0.05) is 6.54 Å². The molecule has 0 unspecified atom stereocenters. The molecular weight excluding hydrogens is 222 g/mol. The first-order valence-electron chi connectivity index (χ1n) is 6.20. The third-order valence-electron chi connectivity index (χ3n) is 2.32. The van der Waals surface area contributed by atoms with E-state index in [-0.39, 0.29) is 6.09 Å². The van der Waals surface area contributed by atoms with Gasteiger partial charge in [0.2, 0.25) is 0 Å². The van der Waals surface area contributed by atoms with E-state index in [2.05, 4.69) is 11.6 Å². The van der Waals surface area contributed by atoms with E-state index in [0.29, 0.717) is 6.61 Å². The zero-order valence-corrected chi connectivity index (χ0v) is 11.4. The molecule has 0 aromatic heterocycles. The number of thioether (sulfide) groups is 1. The number of carbonyl (C=O) groups is 1. The second kappa shape index (κ2) is 12.7. The highest BCUT2D eigenvalue weighted by atomic mass is 32.2. The Morgan fingerprint density at radius 3 is 2.38 bits per heavy atom. The van der Waals surface area contributed by atoms with E-state index in [9.17, 15) is 4.79 Å². The van der Waals surface area contributed by atoms with Crippen molar-refractivity contribution in [3.05, 3.63) is 0 Å². The van der Waals surface area contributed by atoms with Gasteiger partial charge in [-0.05, 0) is 31.8 Å². The van der Waals surface area contributed by atoms with Crippen molar-refractivity contribution in [3.8, 4) is 0 Å². The third-order valence-corrected chi connectivity index (χ3v) is 3.02. The van der Waals surface area contributed by atoms with Crippen molar-refractivity contribution < 1.29 is 9.53 Å². The number of unbranched alkanes of at least 4 members (excludes halogenated alkanes) is 5. The van der Waals surface area contributed by atoms with Gasteiger partial charge >= 0.3 is 6.09 Å². The maximum atomic E-state index is 10.9. The van der Waals surface area contributed by atoms with Crippen LogP contribution in [0.2, 0.25) is 0 Å². The van der Waals surface area contributed by atoms with Crippen LogP contribution in [0.1, 0.15) is 45.4 Å². The summed E-state index contributed by atoms with van der Waals surface area (Å²) in [6.07, 6.45) is 9.39. The number of nitrogens with one attached hydrogen (secondary N) is 1. The summed E-state index contributed by atoms with van der Waals surface area (Å²) >= 11 is 1.92. The van der Waals surface area contributed by atoms with E-state index >= 15 is 0 Å². The van der Waals surface area contributed by atoms with Gasteiger partial charge in [-0.2, -0.15) is 11.8 Å². The Morgan fingerprint density at radius 2 is 1.75 bits per heavy atom. The fraction of sp³-hybridized carbons (Fsp3) is 0.917. The summed E-state index contributed by atoms with van der Waals surface area (Å²) in [7, 11) is 0. The van der Waals surface area contributed by atoms with E-state index in [4.69, 9.17) is 4.74 Å². The van der Waals surface area contributed by atoms with Gasteiger partial charge in [-0.15, -0.1) is 0 Å². The molecule has 0 aliphatic carbocycles. The van der Waals surface area contributed by atoms with Crippen LogP contribution in [0.3, 0.4) is 0 Å². The first kappa shape index (κ1) is 15.6. The Hall–Kier alpha value is -0.380. The van der Waals surface area contributed by atoms with E-state index < -0.39 is 0 Å². The molecule has 0 rings (SSSR count). The third kappa shape index (κ3) is 11.7. The maximum Gasteiger partial charge on any atom is 0.407 e. The van der Waals surface area contributed by atoms with Gasteiger partial charge in [-0.3, -0.25) is 0 Å². The number of hydrogen-bond donors (Lipinski definition) is 1. The molecule has 96 valence electrons. The molecule has 1 N–H and O–H groups in total. The second-order valence-corrected chi connectivity index (χ2v) is 4.75. The van der Waals surface area contributed by atoms with Gasteiger partial charge in [-0.1, -0.05) is 25.7 Å². The zero-order chi connectivity index (χ0) is 12.1. The van der Waals surface area contributed by atoms with Gasteiger partial charge in [0.15, 0.2) is 0 Å². The van der Waals surface area contributed by atoms with Crippen LogP contribution in [0.4, 0.5) is 4.79 Å². The summed E-state index contributed by atoms with van der Waals surface area (Å²) in [6.45, 7) is 3.00. The number of carbonyl (C=O) groups excluding carboxylic acids is 1. The van der Waals surface area contributed by atoms with Gasteiger partial charge in [0.05, 0.1) is 6.61 Å². The predicted octanol–water partition coefficient (Wildman–Crippen LogP) is 3.44. The number of hydrogen-bond acceptors (Lipinski definition) is 3. The fourth-order valence-electron chi connectivity index (χ4n) is 1.45. The smallest absolute Gasteiger partial charge is 0.407 e. The molecule has 0 heterocycles. The van der Waals surface area contributed by atoms with Gasteiger partial charge in [-0.25, -0.2) is 4.79 Å². The number of ether oxygens (including phenoxy) is 1. The molecule has 0 aliphatic heterocycles. The molecule has 4 heteroatoms. The molecule has 0 bridgehead atoms. The SMILES string of the molecule is CCOC(=O)NCCCCCCCCSC. The number of rotatable bonds is 10. The van der Waals surface area contributed by atoms with Crippen molar-refractivity contribution in [1.29, 1.82) is 0 Å². The molecule has 0 aromatic rings. The van der Waals surface area contributed by atoms with Crippen molar-refractivity contribution in [2.75, 3.05) is 25.2 Å². The minimum absolute atomic E-state index is 0.289. The lowest BCUT2D eigenvalue weighted by Gasteiger charge is -2.04. The van der Waals surface area contributed by atoms with Gasteiger partial charge in [0.1, 0.15) is 0 Å². The van der Waals surface area contributed by atoms with Crippen molar-refractivity contribution in [1.82, 2.24) is 5.32 Å². The minimum Gasteiger partial charge on any atom is -0.450 e. The molecule has 0 saturated carbocycles. The van der Waals surface area contributed by atoms with Crippen LogP contribution in [0, 0.1) is 0 Å². The average Bonchev–Trinajstić information content (AvgIpc) is 2.27. The highest BCUT2D eigenvalue weighted by molar-refractivity contribution is 7.98. The number of alkyl carbamates (subject to hydrolysis) is 1. The summed E-state index contributed by atoms with van der Waals surface area (Å²) in [5.41, 5.74) is 0. The van der Waals surface area contributed by atoms with Gasteiger partial charge < -0.3 is 10.1 Å². The summed E-state index contributed by atoms with van der Waals surface area (Å²) in [6, 6.07) is 0. The summed E-state index contributed by atoms with van der Waals surface area (Å²) in [5.74, 6) is 1.28. The summed E-state index contributed by atoms with van der Waals surface area (Å²) in [4.78, 5) is 10.9. The predicted molar refractivity (Wildman–Crippen MR) is 71.1 cm³/mol. The molecule has 3 nitrogen and oxygen atoms in total. The van der Waals surface area contributed by atoms with E-state index in [1.54, 1.807) is 0 Å². The molecule has 0 fully saturated rings. The van der Waals surface area contributed by atoms with Crippen LogP contribution in [-0.4, -0.2) is 31.3 Å². The Kier molecular flexibility index (Phi) is 12.4. The summed E-state index contributed by atoms with van der Waals surface area (Å²) < 4.78 is 4.76. The van der Waals surface area contributed by atoms with Crippen molar-refractivity contribution in [2.24, 2.45) is 0 Å². The van der Waals surface area contributed by atoms with Crippen molar-refractivity contribution in [3.63, 3.8) is 0 Å². The fourth-order valence-corrected chi connectivity index (χ4v) is 1.94. The Labute approximate surface area is 104 Å². The highest BCUT2D eigenvalue weighted by Gasteiger charge is 1.97. The van der Waals surface area contributed by atoms with Crippen LogP contribution in [-0.2, 0) is 4.74 Å². The average molecular weight is 247 g/mol. The van der Waals surface area contributed by atoms with E-state index in [0.717, 1.165) is 13.0 Å². The Bertz CT molecular complexity index is 165. The number of amides is 1. The van der Waals surface area contributed by atoms with E-state index in [1.165, 1.54) is 37.9 Å². The standard InChI is InChI=1S/C12H25NO2S/c1-3-15-12(14)13-10-8-6-4-5-7-9-11-16-2/h3-11H2,1-2H3,(H,13,14). The van der Waals surface area contributed by atoms with Crippen LogP contribution in [0.15, 0.2) is 0 Å². The molecule has 0 radical (unpaired) electrons. The molecular formula is C12H25NO2S. The molecule has 0 saturated heterocycles. The van der Waals surface area contributed by atoms with Crippen LogP contribution in [0.5, 0.6) is 0 Å². The molecule has 0 atom stereocenters. The molecule has 16 heavy (non-hydrogen) atoms. The quantitative estimate of drug-likeness (QED) is 0.601. The normalized spacial score (nSPS) is 10.1. The summed E-state index contributed by atoms with van der Waals surface area (Å²) in [5, 5.41) is 2.73. The lowest BCUT2D eigenvalue weighted by atomic mass is 10.1. The molecule has 1 amide bonds. The lowest BCUT2D eigenvalue weighted by Crippen LogP contribution is -2.25. The lowest BCUT2D eigenvalue weighted by molar-refractivity contribution is 0.152. The van der Waals surface area contributed by atoms with E-state index in [1.807, 2.05) is 18.7 Å².